The Balaban J connectivity index is 1.70. The predicted octanol–water partition coefficient (Wildman–Crippen LogP) is -0.786. The van der Waals surface area contributed by atoms with Gasteiger partial charge in [0.25, 0.3) is 0 Å². The highest BCUT2D eigenvalue weighted by atomic mass is 32.2. The first-order valence-corrected chi connectivity index (χ1v) is 10.9. The Morgan fingerprint density at radius 3 is 2.46 bits per heavy atom. The summed E-state index contributed by atoms with van der Waals surface area (Å²) in [5.74, 6) is 0.720. The second kappa shape index (κ2) is 10.1. The smallest absolute Gasteiger partial charge is 0.219 e. The van der Waals surface area contributed by atoms with E-state index in [1.54, 1.807) is 18.9 Å². The van der Waals surface area contributed by atoms with E-state index >= 15 is 0 Å². The Hall–Kier alpha value is -1.39. The number of piperazine rings is 1. The summed E-state index contributed by atoms with van der Waals surface area (Å²) in [6, 6.07) is 0. The first-order chi connectivity index (χ1) is 12.4. The normalized spacial score (nSPS) is 22.4. The van der Waals surface area contributed by atoms with Crippen molar-refractivity contribution < 1.29 is 17.9 Å². The van der Waals surface area contributed by atoms with E-state index in [1.165, 1.54) is 0 Å². The van der Waals surface area contributed by atoms with Crippen LogP contribution in [0, 0.1) is 0 Å². The second-order valence-corrected chi connectivity index (χ2v) is 8.55. The number of nitrogens with zero attached hydrogens (tertiary/aromatic N) is 3. The van der Waals surface area contributed by atoms with Crippen molar-refractivity contribution in [1.82, 2.24) is 19.8 Å². The number of guanidine groups is 1. The molecule has 0 aromatic rings. The van der Waals surface area contributed by atoms with E-state index in [2.05, 4.69) is 15.0 Å². The van der Waals surface area contributed by atoms with Gasteiger partial charge < -0.3 is 19.9 Å². The number of carbonyl (C=O) groups excluding carboxylic acids is 1. The van der Waals surface area contributed by atoms with Crippen LogP contribution in [0.1, 0.15) is 26.2 Å². The number of ether oxygens (including phenoxy) is 1. The molecule has 0 spiro atoms. The quantitative estimate of drug-likeness (QED) is 0.456. The summed E-state index contributed by atoms with van der Waals surface area (Å²) in [5, 5.41) is 3.10. The van der Waals surface area contributed by atoms with Gasteiger partial charge in [0, 0.05) is 59.8 Å². The molecule has 0 aromatic carbocycles. The number of hydrogen-bond donors (Lipinski definition) is 2. The number of aliphatic imine (C=N–C) groups is 1. The molecule has 2 aliphatic heterocycles. The molecular weight excluding hydrogens is 358 g/mol. The van der Waals surface area contributed by atoms with E-state index in [1.807, 2.05) is 4.90 Å². The molecule has 2 N–H and O–H groups in total. The van der Waals surface area contributed by atoms with Gasteiger partial charge in [0.2, 0.25) is 15.9 Å². The molecule has 26 heavy (non-hydrogen) atoms. The molecule has 2 aliphatic rings. The van der Waals surface area contributed by atoms with Crippen LogP contribution in [0.3, 0.4) is 0 Å². The van der Waals surface area contributed by atoms with Crippen LogP contribution in [0.25, 0.3) is 0 Å². The van der Waals surface area contributed by atoms with Crippen molar-refractivity contribution in [2.45, 2.75) is 32.3 Å². The minimum absolute atomic E-state index is 0.0168. The van der Waals surface area contributed by atoms with Crippen LogP contribution in [-0.2, 0) is 19.6 Å². The summed E-state index contributed by atoms with van der Waals surface area (Å²) >= 11 is 0. The molecule has 1 atom stereocenters. The van der Waals surface area contributed by atoms with E-state index in [0.717, 1.165) is 19.3 Å². The van der Waals surface area contributed by atoms with Crippen molar-refractivity contribution in [2.75, 3.05) is 58.7 Å². The molecule has 0 aliphatic carbocycles. The molecule has 10 heteroatoms. The van der Waals surface area contributed by atoms with Crippen LogP contribution in [0.4, 0.5) is 0 Å². The van der Waals surface area contributed by atoms with E-state index in [4.69, 9.17) is 4.74 Å². The standard InChI is InChI=1S/C16H31N5O4S/c1-14(22)20-7-9-21(10-8-20)16(17-2)18-6-12-26(23,24)19-13-15-5-3-4-11-25-15/h15,19H,3-13H2,1-2H3,(H,17,18). The minimum atomic E-state index is -3.35. The van der Waals surface area contributed by atoms with Crippen LogP contribution >= 0.6 is 0 Å². The number of hydrogen-bond acceptors (Lipinski definition) is 5. The maximum absolute atomic E-state index is 12.1. The summed E-state index contributed by atoms with van der Waals surface area (Å²) in [6.45, 7) is 5.56. The molecule has 0 aromatic heterocycles. The highest BCUT2D eigenvalue weighted by Crippen LogP contribution is 2.11. The van der Waals surface area contributed by atoms with Crippen LogP contribution in [0.2, 0.25) is 0 Å². The minimum Gasteiger partial charge on any atom is -0.377 e. The fourth-order valence-electron chi connectivity index (χ4n) is 3.12. The molecule has 2 heterocycles. The van der Waals surface area contributed by atoms with E-state index < -0.39 is 10.0 Å². The van der Waals surface area contributed by atoms with Gasteiger partial charge in [0.15, 0.2) is 5.96 Å². The summed E-state index contributed by atoms with van der Waals surface area (Å²) in [4.78, 5) is 19.4. The Kier molecular flexibility index (Phi) is 8.11. The van der Waals surface area contributed by atoms with E-state index in [-0.39, 0.29) is 24.3 Å². The molecule has 2 saturated heterocycles. The lowest BCUT2D eigenvalue weighted by Gasteiger charge is -2.36. The molecule has 0 bridgehead atoms. The van der Waals surface area contributed by atoms with Gasteiger partial charge in [0.05, 0.1) is 11.9 Å². The molecule has 150 valence electrons. The number of nitrogens with one attached hydrogen (secondary N) is 2. The molecule has 1 unspecified atom stereocenters. The van der Waals surface area contributed by atoms with Crippen molar-refractivity contribution in [3.63, 3.8) is 0 Å². The molecule has 2 fully saturated rings. The first-order valence-electron chi connectivity index (χ1n) is 9.21. The third-order valence-corrected chi connectivity index (χ3v) is 6.04. The Morgan fingerprint density at radius 1 is 1.19 bits per heavy atom. The van der Waals surface area contributed by atoms with Gasteiger partial charge in [-0.3, -0.25) is 9.79 Å². The topological polar surface area (TPSA) is 103 Å². The van der Waals surface area contributed by atoms with Crippen molar-refractivity contribution >= 4 is 21.9 Å². The average molecular weight is 390 g/mol. The fraction of sp³-hybridized carbons (Fsp3) is 0.875. The zero-order valence-electron chi connectivity index (χ0n) is 15.7. The SMILES string of the molecule is CN=C(NCCS(=O)(=O)NCC1CCCCO1)N1CCN(C(C)=O)CC1. The number of amides is 1. The third kappa shape index (κ3) is 6.73. The summed E-state index contributed by atoms with van der Waals surface area (Å²) in [6.07, 6.45) is 3.02. The van der Waals surface area contributed by atoms with Crippen molar-refractivity contribution in [2.24, 2.45) is 4.99 Å². The molecule has 0 radical (unpaired) electrons. The van der Waals surface area contributed by atoms with Gasteiger partial charge in [-0.15, -0.1) is 0 Å². The lowest BCUT2D eigenvalue weighted by Crippen LogP contribution is -2.54. The Morgan fingerprint density at radius 2 is 1.88 bits per heavy atom. The second-order valence-electron chi connectivity index (χ2n) is 6.62. The zero-order valence-corrected chi connectivity index (χ0v) is 16.6. The third-order valence-electron chi connectivity index (χ3n) is 4.70. The van der Waals surface area contributed by atoms with Crippen molar-refractivity contribution in [3.05, 3.63) is 0 Å². The largest absolute Gasteiger partial charge is 0.377 e. The van der Waals surface area contributed by atoms with Crippen molar-refractivity contribution in [3.8, 4) is 0 Å². The van der Waals surface area contributed by atoms with E-state index in [0.29, 0.717) is 45.3 Å². The Bertz CT molecular complexity index is 581. The maximum Gasteiger partial charge on any atom is 0.219 e. The van der Waals surface area contributed by atoms with Crippen LogP contribution in [0.5, 0.6) is 0 Å². The zero-order chi connectivity index (χ0) is 19.0. The van der Waals surface area contributed by atoms with Crippen molar-refractivity contribution in [1.29, 1.82) is 0 Å². The van der Waals surface area contributed by atoms with Crippen LogP contribution in [-0.4, -0.2) is 94.9 Å². The maximum atomic E-state index is 12.1. The molecular formula is C16H31N5O4S. The summed E-state index contributed by atoms with van der Waals surface area (Å²) in [5.41, 5.74) is 0. The molecule has 2 rings (SSSR count). The predicted molar refractivity (Wildman–Crippen MR) is 101 cm³/mol. The lowest BCUT2D eigenvalue weighted by atomic mass is 10.1. The molecule has 1 amide bonds. The van der Waals surface area contributed by atoms with Crippen LogP contribution < -0.4 is 10.0 Å². The molecule has 0 saturated carbocycles. The van der Waals surface area contributed by atoms with Gasteiger partial charge in [-0.2, -0.15) is 0 Å². The number of rotatable bonds is 6. The van der Waals surface area contributed by atoms with Gasteiger partial charge in [-0.05, 0) is 19.3 Å². The van der Waals surface area contributed by atoms with E-state index in [9.17, 15) is 13.2 Å². The summed E-state index contributed by atoms with van der Waals surface area (Å²) < 4.78 is 32.4. The first kappa shape index (κ1) is 20.9. The van der Waals surface area contributed by atoms with Gasteiger partial charge in [-0.25, -0.2) is 13.1 Å². The lowest BCUT2D eigenvalue weighted by molar-refractivity contribution is -0.130. The molecule has 9 nitrogen and oxygen atoms in total. The Labute approximate surface area is 156 Å². The average Bonchev–Trinajstić information content (AvgIpc) is 2.65. The number of sulfonamides is 1. The van der Waals surface area contributed by atoms with Gasteiger partial charge in [0.1, 0.15) is 0 Å². The van der Waals surface area contributed by atoms with Crippen LogP contribution in [0.15, 0.2) is 4.99 Å². The van der Waals surface area contributed by atoms with Gasteiger partial charge in [-0.1, -0.05) is 0 Å². The van der Waals surface area contributed by atoms with Gasteiger partial charge >= 0.3 is 0 Å². The fourth-order valence-corrected chi connectivity index (χ4v) is 4.08. The monoisotopic (exact) mass is 389 g/mol. The highest BCUT2D eigenvalue weighted by molar-refractivity contribution is 7.89. The highest BCUT2D eigenvalue weighted by Gasteiger charge is 2.22. The number of carbonyl (C=O) groups is 1. The summed E-state index contributed by atoms with van der Waals surface area (Å²) in [7, 11) is -1.68.